The molecular formula is C11H14O3S. The Kier molecular flexibility index (Phi) is 2.35. The number of benzene rings is 1. The summed E-state index contributed by atoms with van der Waals surface area (Å²) in [6.07, 6.45) is -0.622. The van der Waals surface area contributed by atoms with Crippen LogP contribution in [0.15, 0.2) is 23.1 Å². The van der Waals surface area contributed by atoms with Gasteiger partial charge in [0.1, 0.15) is 0 Å². The molecule has 2 unspecified atom stereocenters. The molecule has 0 saturated heterocycles. The molecule has 4 heteroatoms. The Balaban J connectivity index is 2.64. The number of aliphatic hydroxyl groups is 1. The van der Waals surface area contributed by atoms with E-state index < -0.39 is 15.9 Å². The highest BCUT2D eigenvalue weighted by Crippen LogP contribution is 2.37. The van der Waals surface area contributed by atoms with Crippen molar-refractivity contribution >= 4 is 9.84 Å². The van der Waals surface area contributed by atoms with Crippen molar-refractivity contribution in [2.24, 2.45) is 0 Å². The zero-order chi connectivity index (χ0) is 11.2. The summed E-state index contributed by atoms with van der Waals surface area (Å²) < 4.78 is 23.5. The van der Waals surface area contributed by atoms with Gasteiger partial charge in [-0.05, 0) is 25.5 Å². The Morgan fingerprint density at radius 1 is 1.47 bits per heavy atom. The molecule has 1 aromatic rings. The van der Waals surface area contributed by atoms with Crippen molar-refractivity contribution < 1.29 is 13.5 Å². The molecule has 0 radical (unpaired) electrons. The third-order valence-corrected chi connectivity index (χ3v) is 4.72. The van der Waals surface area contributed by atoms with Crippen molar-refractivity contribution in [2.75, 3.05) is 5.75 Å². The van der Waals surface area contributed by atoms with Gasteiger partial charge in [-0.1, -0.05) is 17.7 Å². The van der Waals surface area contributed by atoms with E-state index in [0.717, 1.165) is 11.1 Å². The topological polar surface area (TPSA) is 54.4 Å². The first kappa shape index (κ1) is 10.6. The number of rotatable bonds is 1. The molecule has 2 rings (SSSR count). The Hall–Kier alpha value is -0.870. The van der Waals surface area contributed by atoms with E-state index in [9.17, 15) is 13.5 Å². The highest BCUT2D eigenvalue weighted by atomic mass is 32.2. The van der Waals surface area contributed by atoms with Crippen LogP contribution in [-0.4, -0.2) is 25.4 Å². The molecule has 1 heterocycles. The second-order valence-corrected chi connectivity index (χ2v) is 6.17. The standard InChI is InChI=1S/C11H14O3S/c1-7-3-4-11-9(5-7)10(8(2)12)6-15(11,13)14/h3-5,8,10,12H,6H2,1-2H3. The van der Waals surface area contributed by atoms with Crippen LogP contribution in [0.3, 0.4) is 0 Å². The van der Waals surface area contributed by atoms with Crippen LogP contribution < -0.4 is 0 Å². The van der Waals surface area contributed by atoms with Gasteiger partial charge in [0.05, 0.1) is 16.8 Å². The summed E-state index contributed by atoms with van der Waals surface area (Å²) in [7, 11) is -3.18. The van der Waals surface area contributed by atoms with E-state index in [4.69, 9.17) is 0 Å². The SMILES string of the molecule is Cc1ccc2c(c1)C(C(C)O)CS2(=O)=O. The Morgan fingerprint density at radius 2 is 2.13 bits per heavy atom. The fraction of sp³-hybridized carbons (Fsp3) is 0.455. The summed E-state index contributed by atoms with van der Waals surface area (Å²) in [5, 5.41) is 9.56. The Labute approximate surface area is 89.7 Å². The van der Waals surface area contributed by atoms with Crippen LogP contribution >= 0.6 is 0 Å². The average Bonchev–Trinajstić information content (AvgIpc) is 2.38. The number of sulfone groups is 1. The molecular weight excluding hydrogens is 212 g/mol. The number of hydrogen-bond acceptors (Lipinski definition) is 3. The minimum Gasteiger partial charge on any atom is -0.393 e. The molecule has 0 amide bonds. The van der Waals surface area contributed by atoms with Gasteiger partial charge in [0, 0.05) is 5.92 Å². The van der Waals surface area contributed by atoms with Crippen LogP contribution in [0, 0.1) is 6.92 Å². The average molecular weight is 226 g/mol. The highest BCUT2D eigenvalue weighted by Gasteiger charge is 2.36. The van der Waals surface area contributed by atoms with Crippen LogP contribution in [0.5, 0.6) is 0 Å². The zero-order valence-corrected chi connectivity index (χ0v) is 9.58. The lowest BCUT2D eigenvalue weighted by molar-refractivity contribution is 0.170. The van der Waals surface area contributed by atoms with Gasteiger partial charge in [-0.15, -0.1) is 0 Å². The molecule has 0 spiro atoms. The maximum Gasteiger partial charge on any atom is 0.179 e. The van der Waals surface area contributed by atoms with Crippen molar-refractivity contribution in [1.29, 1.82) is 0 Å². The Morgan fingerprint density at radius 3 is 2.73 bits per heavy atom. The molecule has 2 atom stereocenters. The molecule has 1 N–H and O–H groups in total. The summed E-state index contributed by atoms with van der Waals surface area (Å²) in [5.41, 5.74) is 1.79. The summed E-state index contributed by atoms with van der Waals surface area (Å²) >= 11 is 0. The third-order valence-electron chi connectivity index (χ3n) is 2.88. The van der Waals surface area contributed by atoms with Gasteiger partial charge in [-0.2, -0.15) is 0 Å². The van der Waals surface area contributed by atoms with Gasteiger partial charge in [0.25, 0.3) is 0 Å². The van der Waals surface area contributed by atoms with E-state index in [0.29, 0.717) is 4.90 Å². The van der Waals surface area contributed by atoms with E-state index in [2.05, 4.69) is 0 Å². The second-order valence-electron chi connectivity index (χ2n) is 4.17. The van der Waals surface area contributed by atoms with Gasteiger partial charge in [0.2, 0.25) is 0 Å². The normalized spacial score (nSPS) is 24.9. The number of hydrogen-bond donors (Lipinski definition) is 1. The quantitative estimate of drug-likeness (QED) is 0.784. The molecule has 0 bridgehead atoms. The maximum atomic E-state index is 11.8. The number of fused-ring (bicyclic) bond motifs is 1. The lowest BCUT2D eigenvalue weighted by atomic mass is 9.95. The molecule has 0 saturated carbocycles. The molecule has 15 heavy (non-hydrogen) atoms. The summed E-state index contributed by atoms with van der Waals surface area (Å²) in [6, 6.07) is 5.29. The fourth-order valence-electron chi connectivity index (χ4n) is 2.06. The zero-order valence-electron chi connectivity index (χ0n) is 8.77. The first-order chi connectivity index (χ1) is 6.92. The van der Waals surface area contributed by atoms with Crippen LogP contribution in [0.25, 0.3) is 0 Å². The number of aryl methyl sites for hydroxylation is 1. The predicted molar refractivity (Wildman–Crippen MR) is 57.7 cm³/mol. The molecule has 82 valence electrons. The van der Waals surface area contributed by atoms with Crippen molar-refractivity contribution in [2.45, 2.75) is 30.8 Å². The van der Waals surface area contributed by atoms with E-state index in [1.807, 2.05) is 13.0 Å². The van der Waals surface area contributed by atoms with Gasteiger partial charge < -0.3 is 5.11 Å². The van der Waals surface area contributed by atoms with Crippen LogP contribution in [0.2, 0.25) is 0 Å². The lowest BCUT2D eigenvalue weighted by Gasteiger charge is -2.13. The van der Waals surface area contributed by atoms with Gasteiger partial charge >= 0.3 is 0 Å². The summed E-state index contributed by atoms with van der Waals surface area (Å²) in [6.45, 7) is 3.56. The van der Waals surface area contributed by atoms with Crippen LogP contribution in [-0.2, 0) is 9.84 Å². The molecule has 1 aromatic carbocycles. The fourth-order valence-corrected chi connectivity index (χ4v) is 4.01. The molecule has 3 nitrogen and oxygen atoms in total. The largest absolute Gasteiger partial charge is 0.393 e. The summed E-state index contributed by atoms with van der Waals surface area (Å²) in [5.74, 6) is -0.242. The van der Waals surface area contributed by atoms with Crippen molar-refractivity contribution in [3.05, 3.63) is 29.3 Å². The maximum absolute atomic E-state index is 11.8. The van der Waals surface area contributed by atoms with E-state index in [-0.39, 0.29) is 11.7 Å². The molecule has 0 aliphatic carbocycles. The highest BCUT2D eigenvalue weighted by molar-refractivity contribution is 7.91. The second kappa shape index (κ2) is 3.32. The van der Waals surface area contributed by atoms with Crippen LogP contribution in [0.1, 0.15) is 24.0 Å². The molecule has 0 fully saturated rings. The van der Waals surface area contributed by atoms with Gasteiger partial charge in [-0.25, -0.2) is 8.42 Å². The molecule has 0 aromatic heterocycles. The van der Waals surface area contributed by atoms with E-state index in [1.54, 1.807) is 19.1 Å². The first-order valence-corrected chi connectivity index (χ1v) is 6.58. The molecule has 1 aliphatic heterocycles. The van der Waals surface area contributed by atoms with Gasteiger partial charge in [0.15, 0.2) is 9.84 Å². The first-order valence-electron chi connectivity index (χ1n) is 4.93. The predicted octanol–water partition coefficient (Wildman–Crippen LogP) is 1.25. The van der Waals surface area contributed by atoms with E-state index in [1.165, 1.54) is 0 Å². The third kappa shape index (κ3) is 1.68. The van der Waals surface area contributed by atoms with Gasteiger partial charge in [-0.3, -0.25) is 0 Å². The minimum absolute atomic E-state index is 0.0312. The number of aliphatic hydroxyl groups excluding tert-OH is 1. The molecule has 1 aliphatic rings. The summed E-state index contributed by atoms with van der Waals surface area (Å²) in [4.78, 5) is 0.388. The van der Waals surface area contributed by atoms with Crippen molar-refractivity contribution in [3.8, 4) is 0 Å². The lowest BCUT2D eigenvalue weighted by Crippen LogP contribution is -2.16. The van der Waals surface area contributed by atoms with E-state index >= 15 is 0 Å². The monoisotopic (exact) mass is 226 g/mol. The van der Waals surface area contributed by atoms with Crippen molar-refractivity contribution in [3.63, 3.8) is 0 Å². The van der Waals surface area contributed by atoms with Crippen LogP contribution in [0.4, 0.5) is 0 Å². The minimum atomic E-state index is -3.18. The van der Waals surface area contributed by atoms with Crippen molar-refractivity contribution in [1.82, 2.24) is 0 Å². The smallest absolute Gasteiger partial charge is 0.179 e. The Bertz CT molecular complexity index is 489.